The molecule has 0 spiro atoms. The van der Waals surface area contributed by atoms with Crippen LogP contribution >= 0.6 is 11.3 Å². The molecule has 0 aliphatic carbocycles. The second kappa shape index (κ2) is 5.29. The predicted molar refractivity (Wildman–Crippen MR) is 89.4 cm³/mol. The number of nitrogens with zero attached hydrogens (tertiary/aromatic N) is 3. The third-order valence-corrected chi connectivity index (χ3v) is 4.53. The largest absolute Gasteiger partial charge is 0.478 e. The van der Waals surface area contributed by atoms with Gasteiger partial charge in [-0.3, -0.25) is 0 Å². The van der Waals surface area contributed by atoms with E-state index in [0.717, 1.165) is 26.1 Å². The Bertz CT molecular complexity index is 1030. The van der Waals surface area contributed by atoms with E-state index in [4.69, 9.17) is 5.11 Å². The molecule has 6 nitrogen and oxygen atoms in total. The molecule has 1 aromatic carbocycles. The second-order valence-corrected chi connectivity index (χ2v) is 5.86. The second-order valence-electron chi connectivity index (χ2n) is 4.87. The lowest BCUT2D eigenvalue weighted by Gasteiger charge is -2.06. The lowest BCUT2D eigenvalue weighted by molar-refractivity contribution is 0.0697. The van der Waals surface area contributed by atoms with E-state index < -0.39 is 5.97 Å². The Morgan fingerprint density at radius 1 is 1.09 bits per heavy atom. The lowest BCUT2D eigenvalue weighted by Crippen LogP contribution is -1.97. The third-order valence-electron chi connectivity index (χ3n) is 3.42. The summed E-state index contributed by atoms with van der Waals surface area (Å²) in [7, 11) is 0. The number of aromatic carboxylic acids is 1. The first kappa shape index (κ1) is 13.6. The van der Waals surface area contributed by atoms with E-state index in [1.807, 2.05) is 12.1 Å². The van der Waals surface area contributed by atoms with Crippen LogP contribution in [0.5, 0.6) is 0 Å². The third kappa shape index (κ3) is 2.36. The summed E-state index contributed by atoms with van der Waals surface area (Å²) in [6.45, 7) is 0. The van der Waals surface area contributed by atoms with Crippen LogP contribution in [0.25, 0.3) is 20.4 Å². The maximum Gasteiger partial charge on any atom is 0.335 e. The average molecular weight is 322 g/mol. The van der Waals surface area contributed by atoms with Crippen molar-refractivity contribution in [2.24, 2.45) is 0 Å². The van der Waals surface area contributed by atoms with Gasteiger partial charge in [0.2, 0.25) is 0 Å². The summed E-state index contributed by atoms with van der Waals surface area (Å²) in [5, 5.41) is 13.2. The lowest BCUT2D eigenvalue weighted by atomic mass is 10.2. The number of fused-ring (bicyclic) bond motifs is 3. The summed E-state index contributed by atoms with van der Waals surface area (Å²) in [6, 6.07) is 10.4. The molecule has 0 saturated carbocycles. The molecule has 3 aromatic heterocycles. The Balaban J connectivity index is 1.78. The summed E-state index contributed by atoms with van der Waals surface area (Å²) < 4.78 is 0.920. The molecule has 4 rings (SSSR count). The molecule has 3 heterocycles. The smallest absolute Gasteiger partial charge is 0.335 e. The Morgan fingerprint density at radius 2 is 1.91 bits per heavy atom. The van der Waals surface area contributed by atoms with E-state index in [1.165, 1.54) is 17.7 Å². The highest BCUT2D eigenvalue weighted by Crippen LogP contribution is 2.35. The zero-order valence-electron chi connectivity index (χ0n) is 11.7. The standard InChI is InChI=1S/C16H10N4O2S/c21-16(22)9-3-5-10(6-4-9)20-14-13-12(18-8-19-14)11-2-1-7-17-15(11)23-13/h1-8H,(H,21,22)(H,18,19,20). The van der Waals surface area contributed by atoms with Crippen LogP contribution in [0.4, 0.5) is 11.5 Å². The molecule has 7 heteroatoms. The fourth-order valence-electron chi connectivity index (χ4n) is 2.33. The van der Waals surface area contributed by atoms with Crippen molar-refractivity contribution in [3.8, 4) is 0 Å². The van der Waals surface area contributed by atoms with Gasteiger partial charge in [0, 0.05) is 17.3 Å². The fraction of sp³-hybridized carbons (Fsp3) is 0. The molecule has 112 valence electrons. The van der Waals surface area contributed by atoms with Crippen molar-refractivity contribution >= 4 is 49.2 Å². The molecule has 0 aliphatic heterocycles. The first-order chi connectivity index (χ1) is 11.2. The van der Waals surface area contributed by atoms with E-state index in [2.05, 4.69) is 20.3 Å². The van der Waals surface area contributed by atoms with Gasteiger partial charge < -0.3 is 10.4 Å². The molecule has 0 aliphatic rings. The number of carboxylic acid groups (broad SMARTS) is 1. The zero-order valence-corrected chi connectivity index (χ0v) is 12.5. The zero-order chi connectivity index (χ0) is 15.8. The van der Waals surface area contributed by atoms with E-state index in [0.29, 0.717) is 5.82 Å². The molecule has 2 N–H and O–H groups in total. The van der Waals surface area contributed by atoms with Crippen LogP contribution in [-0.4, -0.2) is 26.0 Å². The van der Waals surface area contributed by atoms with Crippen molar-refractivity contribution in [2.75, 3.05) is 5.32 Å². The molecule has 0 radical (unpaired) electrons. The minimum atomic E-state index is -0.948. The van der Waals surface area contributed by atoms with E-state index in [1.54, 1.807) is 30.5 Å². The van der Waals surface area contributed by atoms with Crippen LogP contribution in [0.3, 0.4) is 0 Å². The molecule has 0 saturated heterocycles. The quantitative estimate of drug-likeness (QED) is 0.598. The SMILES string of the molecule is O=C(O)c1ccc(Nc2ncnc3c2sc2ncccc23)cc1. The molecular formula is C16H10N4O2S. The van der Waals surface area contributed by atoms with Crippen molar-refractivity contribution in [3.05, 3.63) is 54.5 Å². The van der Waals surface area contributed by atoms with Crippen LogP contribution in [-0.2, 0) is 0 Å². The number of pyridine rings is 1. The summed E-state index contributed by atoms with van der Waals surface area (Å²) in [5.74, 6) is -0.266. The van der Waals surface area contributed by atoms with Gasteiger partial charge >= 0.3 is 5.97 Å². The maximum absolute atomic E-state index is 10.9. The number of aromatic nitrogens is 3. The molecule has 0 atom stereocenters. The summed E-state index contributed by atoms with van der Waals surface area (Å²) in [6.07, 6.45) is 3.26. The van der Waals surface area contributed by atoms with Crippen LogP contribution in [0.2, 0.25) is 0 Å². The topological polar surface area (TPSA) is 88.0 Å². The molecule has 0 unspecified atom stereocenters. The number of rotatable bonds is 3. The highest BCUT2D eigenvalue weighted by atomic mass is 32.1. The summed E-state index contributed by atoms with van der Waals surface area (Å²) in [5.41, 5.74) is 1.87. The van der Waals surface area contributed by atoms with Crippen LogP contribution in [0.15, 0.2) is 48.9 Å². The first-order valence-electron chi connectivity index (χ1n) is 6.81. The van der Waals surface area contributed by atoms with Crippen molar-refractivity contribution in [2.45, 2.75) is 0 Å². The molecule has 0 bridgehead atoms. The maximum atomic E-state index is 10.9. The van der Waals surface area contributed by atoms with Gasteiger partial charge in [0.1, 0.15) is 11.2 Å². The number of nitrogens with one attached hydrogen (secondary N) is 1. The van der Waals surface area contributed by atoms with Gasteiger partial charge in [-0.05, 0) is 36.4 Å². The van der Waals surface area contributed by atoms with E-state index in [-0.39, 0.29) is 5.56 Å². The van der Waals surface area contributed by atoms with Crippen LogP contribution in [0, 0.1) is 0 Å². The fourth-order valence-corrected chi connectivity index (χ4v) is 3.37. The van der Waals surface area contributed by atoms with Gasteiger partial charge in [0.25, 0.3) is 0 Å². The normalized spacial score (nSPS) is 11.0. The number of hydrogen-bond donors (Lipinski definition) is 2. The van der Waals surface area contributed by atoms with Gasteiger partial charge in [-0.25, -0.2) is 19.7 Å². The number of benzene rings is 1. The van der Waals surface area contributed by atoms with Crippen molar-refractivity contribution in [1.29, 1.82) is 0 Å². The predicted octanol–water partition coefficient (Wildman–Crippen LogP) is 3.68. The highest BCUT2D eigenvalue weighted by molar-refractivity contribution is 7.25. The van der Waals surface area contributed by atoms with Crippen molar-refractivity contribution in [3.63, 3.8) is 0 Å². The van der Waals surface area contributed by atoms with Gasteiger partial charge in [-0.2, -0.15) is 0 Å². The Kier molecular flexibility index (Phi) is 3.13. The van der Waals surface area contributed by atoms with Crippen molar-refractivity contribution in [1.82, 2.24) is 15.0 Å². The number of carbonyl (C=O) groups is 1. The minimum absolute atomic E-state index is 0.245. The van der Waals surface area contributed by atoms with Crippen LogP contribution in [0.1, 0.15) is 10.4 Å². The monoisotopic (exact) mass is 322 g/mol. The Morgan fingerprint density at radius 3 is 2.70 bits per heavy atom. The molecule has 0 fully saturated rings. The van der Waals surface area contributed by atoms with Gasteiger partial charge in [-0.15, -0.1) is 11.3 Å². The number of anilines is 2. The average Bonchev–Trinajstić information content (AvgIpc) is 2.95. The Hall–Kier alpha value is -3.06. The number of carboxylic acids is 1. The molecular weight excluding hydrogens is 312 g/mol. The number of thiophene rings is 1. The Labute approximate surface area is 134 Å². The van der Waals surface area contributed by atoms with Gasteiger partial charge in [0.05, 0.1) is 15.8 Å². The number of hydrogen-bond acceptors (Lipinski definition) is 6. The summed E-state index contributed by atoms with van der Waals surface area (Å²) >= 11 is 1.52. The van der Waals surface area contributed by atoms with Crippen LogP contribution < -0.4 is 5.32 Å². The summed E-state index contributed by atoms with van der Waals surface area (Å²) in [4.78, 5) is 24.8. The minimum Gasteiger partial charge on any atom is -0.478 e. The van der Waals surface area contributed by atoms with Crippen molar-refractivity contribution < 1.29 is 9.90 Å². The highest BCUT2D eigenvalue weighted by Gasteiger charge is 2.12. The first-order valence-corrected chi connectivity index (χ1v) is 7.62. The van der Waals surface area contributed by atoms with Gasteiger partial charge in [0.15, 0.2) is 5.82 Å². The van der Waals surface area contributed by atoms with Gasteiger partial charge in [-0.1, -0.05) is 0 Å². The molecule has 0 amide bonds. The molecule has 23 heavy (non-hydrogen) atoms. The van der Waals surface area contributed by atoms with E-state index >= 15 is 0 Å². The molecule has 4 aromatic rings. The van der Waals surface area contributed by atoms with E-state index in [9.17, 15) is 4.79 Å².